The van der Waals surface area contributed by atoms with Crippen molar-refractivity contribution in [2.24, 2.45) is 7.05 Å². The molecule has 0 radical (unpaired) electrons. The first kappa shape index (κ1) is 6.75. The quantitative estimate of drug-likeness (QED) is 0.522. The summed E-state index contributed by atoms with van der Waals surface area (Å²) in [5.41, 5.74) is 0.0365. The molecule has 0 aliphatic carbocycles. The lowest BCUT2D eigenvalue weighted by molar-refractivity contribution is -0.0217. The molecule has 1 aromatic heterocycles. The van der Waals surface area contributed by atoms with Crippen molar-refractivity contribution in [1.82, 2.24) is 20.3 Å². The zero-order valence-electron chi connectivity index (χ0n) is 6.28. The average Bonchev–Trinajstić information content (AvgIpc) is 2.30. The number of nitrogens with zero attached hydrogens (tertiary/aromatic N) is 3. The first-order chi connectivity index (χ1) is 5.22. The first-order valence-electron chi connectivity index (χ1n) is 3.51. The zero-order chi connectivity index (χ0) is 7.90. The van der Waals surface area contributed by atoms with Crippen LogP contribution in [0.5, 0.6) is 0 Å². The summed E-state index contributed by atoms with van der Waals surface area (Å²) in [6.07, 6.45) is 1.60. The van der Waals surface area contributed by atoms with Crippen LogP contribution in [-0.4, -0.2) is 33.2 Å². The van der Waals surface area contributed by atoms with Crippen LogP contribution in [0.1, 0.15) is 5.69 Å². The van der Waals surface area contributed by atoms with Gasteiger partial charge in [-0.15, -0.1) is 5.10 Å². The molecular weight excluding hydrogens is 144 g/mol. The summed E-state index contributed by atoms with van der Waals surface area (Å²) in [5, 5.41) is 20.2. The van der Waals surface area contributed by atoms with Gasteiger partial charge in [-0.1, -0.05) is 5.21 Å². The van der Waals surface area contributed by atoms with Gasteiger partial charge in [-0.05, 0) is 0 Å². The van der Waals surface area contributed by atoms with Crippen LogP contribution in [0.3, 0.4) is 0 Å². The van der Waals surface area contributed by atoms with Crippen molar-refractivity contribution in [1.29, 1.82) is 0 Å². The molecule has 60 valence electrons. The van der Waals surface area contributed by atoms with E-state index in [-0.39, 0.29) is 0 Å². The van der Waals surface area contributed by atoms with Gasteiger partial charge in [-0.25, -0.2) is 4.68 Å². The third kappa shape index (κ3) is 0.849. The van der Waals surface area contributed by atoms with Crippen molar-refractivity contribution in [2.75, 3.05) is 13.1 Å². The van der Waals surface area contributed by atoms with Gasteiger partial charge in [0.15, 0.2) is 0 Å². The molecule has 0 atom stereocenters. The van der Waals surface area contributed by atoms with E-state index in [0.29, 0.717) is 13.1 Å². The maximum Gasteiger partial charge on any atom is 0.132 e. The monoisotopic (exact) mass is 154 g/mol. The molecule has 2 rings (SSSR count). The summed E-state index contributed by atoms with van der Waals surface area (Å²) in [6, 6.07) is 0. The van der Waals surface area contributed by atoms with Crippen LogP contribution < -0.4 is 5.32 Å². The van der Waals surface area contributed by atoms with Crippen LogP contribution in [0.25, 0.3) is 0 Å². The Kier molecular flexibility index (Phi) is 1.24. The Balaban J connectivity index is 2.35. The second kappa shape index (κ2) is 2.02. The third-order valence-electron chi connectivity index (χ3n) is 2.03. The summed E-state index contributed by atoms with van der Waals surface area (Å²) in [6.45, 7) is 1.18. The molecule has 0 spiro atoms. The smallest absolute Gasteiger partial charge is 0.132 e. The highest BCUT2D eigenvalue weighted by molar-refractivity contribution is 5.14. The Morgan fingerprint density at radius 2 is 2.45 bits per heavy atom. The molecule has 0 bridgehead atoms. The van der Waals surface area contributed by atoms with Crippen LogP contribution in [0.4, 0.5) is 0 Å². The van der Waals surface area contributed by atoms with E-state index in [1.165, 1.54) is 0 Å². The largest absolute Gasteiger partial charge is 0.381 e. The van der Waals surface area contributed by atoms with Gasteiger partial charge in [-0.3, -0.25) is 0 Å². The number of rotatable bonds is 1. The Hall–Kier alpha value is -0.940. The Morgan fingerprint density at radius 3 is 2.82 bits per heavy atom. The van der Waals surface area contributed by atoms with Crippen LogP contribution in [-0.2, 0) is 12.6 Å². The molecule has 1 aliphatic rings. The Morgan fingerprint density at radius 1 is 1.73 bits per heavy atom. The van der Waals surface area contributed by atoms with E-state index in [0.717, 1.165) is 5.69 Å². The maximum absolute atomic E-state index is 9.79. The number of nitrogens with one attached hydrogen (secondary N) is 1. The van der Waals surface area contributed by atoms with Gasteiger partial charge < -0.3 is 10.4 Å². The molecule has 2 heterocycles. The lowest BCUT2D eigenvalue weighted by Crippen LogP contribution is -2.57. The fourth-order valence-electron chi connectivity index (χ4n) is 1.25. The van der Waals surface area contributed by atoms with E-state index in [1.807, 2.05) is 0 Å². The molecular formula is C6H10N4O. The minimum absolute atomic E-state index is 0.591. The van der Waals surface area contributed by atoms with Crippen LogP contribution in [0, 0.1) is 0 Å². The minimum atomic E-state index is -0.738. The lowest BCUT2D eigenvalue weighted by Gasteiger charge is -2.36. The van der Waals surface area contributed by atoms with Crippen molar-refractivity contribution in [3.05, 3.63) is 11.9 Å². The summed E-state index contributed by atoms with van der Waals surface area (Å²) < 4.78 is 1.60. The molecule has 1 aliphatic heterocycles. The van der Waals surface area contributed by atoms with Crippen molar-refractivity contribution in [2.45, 2.75) is 5.60 Å². The highest BCUT2D eigenvalue weighted by Gasteiger charge is 2.38. The molecule has 0 unspecified atom stereocenters. The Labute approximate surface area is 64.0 Å². The van der Waals surface area contributed by atoms with E-state index < -0.39 is 5.60 Å². The van der Waals surface area contributed by atoms with Gasteiger partial charge >= 0.3 is 0 Å². The second-order valence-electron chi connectivity index (χ2n) is 2.88. The fraction of sp³-hybridized carbons (Fsp3) is 0.667. The van der Waals surface area contributed by atoms with Gasteiger partial charge in [-0.2, -0.15) is 0 Å². The molecule has 1 fully saturated rings. The summed E-state index contributed by atoms with van der Waals surface area (Å²) in [7, 11) is 1.78. The molecule has 0 saturated carbocycles. The maximum atomic E-state index is 9.79. The van der Waals surface area contributed by atoms with Crippen LogP contribution in [0.15, 0.2) is 6.20 Å². The fourth-order valence-corrected chi connectivity index (χ4v) is 1.25. The highest BCUT2D eigenvalue weighted by Crippen LogP contribution is 2.22. The predicted molar refractivity (Wildman–Crippen MR) is 37.8 cm³/mol. The molecule has 5 nitrogen and oxygen atoms in total. The van der Waals surface area contributed by atoms with E-state index >= 15 is 0 Å². The molecule has 1 saturated heterocycles. The normalized spacial score (nSPS) is 21.3. The van der Waals surface area contributed by atoms with E-state index in [4.69, 9.17) is 0 Å². The number of hydrogen-bond donors (Lipinski definition) is 2. The summed E-state index contributed by atoms with van der Waals surface area (Å²) in [5.74, 6) is 0. The Bertz CT molecular complexity index is 265. The zero-order valence-corrected chi connectivity index (χ0v) is 6.28. The van der Waals surface area contributed by atoms with Crippen molar-refractivity contribution < 1.29 is 5.11 Å². The standard InChI is InChI=1S/C6H10N4O/c1-10-5(2-8-9-10)6(11)3-7-4-6/h2,7,11H,3-4H2,1H3. The number of aryl methyl sites for hydroxylation is 1. The molecule has 5 heteroatoms. The third-order valence-corrected chi connectivity index (χ3v) is 2.03. The van der Waals surface area contributed by atoms with E-state index in [9.17, 15) is 5.11 Å². The molecule has 1 aromatic rings. The average molecular weight is 154 g/mol. The van der Waals surface area contributed by atoms with E-state index in [1.54, 1.807) is 17.9 Å². The van der Waals surface area contributed by atoms with Gasteiger partial charge in [0.1, 0.15) is 5.60 Å². The van der Waals surface area contributed by atoms with Crippen LogP contribution >= 0.6 is 0 Å². The number of β-amino-alcohol motifs (C(OH)–C–C–N with tert-alkyl or cyclic N) is 1. The topological polar surface area (TPSA) is 63.0 Å². The number of aliphatic hydroxyl groups is 1. The second-order valence-corrected chi connectivity index (χ2v) is 2.88. The van der Waals surface area contributed by atoms with Crippen LogP contribution in [0.2, 0.25) is 0 Å². The first-order valence-corrected chi connectivity index (χ1v) is 3.51. The molecule has 2 N–H and O–H groups in total. The van der Waals surface area contributed by atoms with Gasteiger partial charge in [0, 0.05) is 20.1 Å². The van der Waals surface area contributed by atoms with Gasteiger partial charge in [0.2, 0.25) is 0 Å². The lowest BCUT2D eigenvalue weighted by atomic mass is 9.94. The highest BCUT2D eigenvalue weighted by atomic mass is 16.3. The molecule has 0 aromatic carbocycles. The summed E-state index contributed by atoms with van der Waals surface area (Å²) >= 11 is 0. The van der Waals surface area contributed by atoms with Gasteiger partial charge in [0.25, 0.3) is 0 Å². The summed E-state index contributed by atoms with van der Waals surface area (Å²) in [4.78, 5) is 0. The number of aromatic nitrogens is 3. The molecule has 11 heavy (non-hydrogen) atoms. The number of hydrogen-bond acceptors (Lipinski definition) is 4. The SMILES string of the molecule is Cn1nncc1C1(O)CNC1. The van der Waals surface area contributed by atoms with Crippen molar-refractivity contribution in [3.8, 4) is 0 Å². The van der Waals surface area contributed by atoms with Crippen molar-refractivity contribution >= 4 is 0 Å². The van der Waals surface area contributed by atoms with Gasteiger partial charge in [0.05, 0.1) is 11.9 Å². The minimum Gasteiger partial charge on any atom is -0.381 e. The van der Waals surface area contributed by atoms with E-state index in [2.05, 4.69) is 15.6 Å². The van der Waals surface area contributed by atoms with Crippen molar-refractivity contribution in [3.63, 3.8) is 0 Å². The molecule has 0 amide bonds. The predicted octanol–water partition coefficient (Wildman–Crippen LogP) is -1.39.